The molecule has 3 aromatic rings. The van der Waals surface area contributed by atoms with Crippen LogP contribution in [0.2, 0.25) is 0 Å². The number of carbonyl (C=O) groups is 1. The molecular weight excluding hydrogens is 462 g/mol. The number of fused-ring (bicyclic) bond motifs is 1. The number of nitrogens with one attached hydrogen (secondary N) is 2. The van der Waals surface area contributed by atoms with Crippen molar-refractivity contribution in [1.29, 1.82) is 0 Å². The second-order valence-corrected chi connectivity index (χ2v) is 12.1. The third kappa shape index (κ3) is 5.36. The van der Waals surface area contributed by atoms with E-state index >= 15 is 0 Å². The molecule has 5 rings (SSSR count). The quantitative estimate of drug-likeness (QED) is 0.445. The summed E-state index contributed by atoms with van der Waals surface area (Å²) in [5, 5.41) is 8.05. The molecule has 0 saturated heterocycles. The number of carbonyl (C=O) groups excluding carboxylic acids is 1. The number of amides is 1. The van der Waals surface area contributed by atoms with Gasteiger partial charge in [-0.05, 0) is 68.4 Å². The summed E-state index contributed by atoms with van der Waals surface area (Å²) >= 11 is 0. The van der Waals surface area contributed by atoms with Crippen LogP contribution in [-0.2, 0) is 6.42 Å². The van der Waals surface area contributed by atoms with Crippen molar-refractivity contribution >= 4 is 11.4 Å². The van der Waals surface area contributed by atoms with Crippen LogP contribution in [0.15, 0.2) is 29.1 Å². The number of rotatable bonds is 5. The summed E-state index contributed by atoms with van der Waals surface area (Å²) in [5.74, 6) is 2.39. The Labute approximate surface area is 219 Å². The molecule has 2 heterocycles. The van der Waals surface area contributed by atoms with Gasteiger partial charge in [0.1, 0.15) is 5.82 Å². The predicted octanol–water partition coefficient (Wildman–Crippen LogP) is 6.03. The van der Waals surface area contributed by atoms with Crippen molar-refractivity contribution < 1.29 is 4.79 Å². The zero-order chi connectivity index (χ0) is 26.2. The van der Waals surface area contributed by atoms with Gasteiger partial charge in [0.05, 0.1) is 5.69 Å². The van der Waals surface area contributed by atoms with Crippen LogP contribution in [0.3, 0.4) is 0 Å². The molecule has 7 nitrogen and oxygen atoms in total. The van der Waals surface area contributed by atoms with Crippen LogP contribution in [0.25, 0.3) is 16.9 Å². The van der Waals surface area contributed by atoms with E-state index in [-0.39, 0.29) is 17.5 Å². The molecule has 37 heavy (non-hydrogen) atoms. The lowest BCUT2D eigenvalue weighted by Crippen LogP contribution is -2.36. The van der Waals surface area contributed by atoms with Crippen LogP contribution in [0, 0.1) is 11.3 Å². The first kappa shape index (κ1) is 25.7. The van der Waals surface area contributed by atoms with E-state index in [1.165, 1.54) is 32.1 Å². The molecular formula is C30H41N5O2. The van der Waals surface area contributed by atoms with Crippen LogP contribution in [0.5, 0.6) is 0 Å². The van der Waals surface area contributed by atoms with Gasteiger partial charge in [-0.15, -0.1) is 5.10 Å². The summed E-state index contributed by atoms with van der Waals surface area (Å²) in [7, 11) is 0. The van der Waals surface area contributed by atoms with E-state index in [0.29, 0.717) is 40.6 Å². The zero-order valence-corrected chi connectivity index (χ0v) is 22.8. The molecule has 7 heteroatoms. The van der Waals surface area contributed by atoms with Crippen molar-refractivity contribution in [3.63, 3.8) is 0 Å². The Morgan fingerprint density at radius 1 is 1.03 bits per heavy atom. The first-order valence-corrected chi connectivity index (χ1v) is 14.2. The summed E-state index contributed by atoms with van der Waals surface area (Å²) < 4.78 is 1.80. The van der Waals surface area contributed by atoms with Gasteiger partial charge in [0.25, 0.3) is 11.5 Å². The highest BCUT2D eigenvalue weighted by molar-refractivity contribution is 5.94. The van der Waals surface area contributed by atoms with Crippen molar-refractivity contribution in [2.45, 2.75) is 104 Å². The van der Waals surface area contributed by atoms with E-state index < -0.39 is 0 Å². The lowest BCUT2D eigenvalue weighted by Gasteiger charge is -2.36. The molecule has 0 radical (unpaired) electrons. The highest BCUT2D eigenvalue weighted by Crippen LogP contribution is 2.43. The fraction of sp³-hybridized carbons (Fsp3) is 0.600. The normalized spacial score (nSPS) is 21.3. The first-order chi connectivity index (χ1) is 17.7. The van der Waals surface area contributed by atoms with Crippen LogP contribution in [0.1, 0.15) is 113 Å². The summed E-state index contributed by atoms with van der Waals surface area (Å²) in [6, 6.07) is 7.64. The summed E-state index contributed by atoms with van der Waals surface area (Å²) in [5.41, 5.74) is 2.93. The average Bonchev–Trinajstić information content (AvgIpc) is 3.28. The fourth-order valence-electron chi connectivity index (χ4n) is 6.25. The first-order valence-electron chi connectivity index (χ1n) is 14.2. The number of benzene rings is 1. The molecule has 1 aromatic carbocycles. The summed E-state index contributed by atoms with van der Waals surface area (Å²) in [6.45, 7) is 9.02. The van der Waals surface area contributed by atoms with Crippen LogP contribution in [0.4, 0.5) is 0 Å². The maximum atomic E-state index is 13.2. The SMILES string of the molecule is CCc1nc([C@H]2CC[C@@H](C(C)(C)C)CC2)n2nc(-c3ccc(C(=O)NC4CCCCC4)cc3)[nH]c(=O)c12. The minimum atomic E-state index is -0.164. The smallest absolute Gasteiger partial charge is 0.277 e. The van der Waals surface area contributed by atoms with Crippen molar-refractivity contribution in [3.05, 3.63) is 51.7 Å². The predicted molar refractivity (Wildman–Crippen MR) is 147 cm³/mol. The van der Waals surface area contributed by atoms with Gasteiger partial charge < -0.3 is 10.3 Å². The summed E-state index contributed by atoms with van der Waals surface area (Å²) in [4.78, 5) is 33.8. The molecule has 2 N–H and O–H groups in total. The lowest BCUT2D eigenvalue weighted by molar-refractivity contribution is 0.0927. The van der Waals surface area contributed by atoms with E-state index in [9.17, 15) is 9.59 Å². The van der Waals surface area contributed by atoms with Gasteiger partial charge >= 0.3 is 0 Å². The number of aromatic amines is 1. The highest BCUT2D eigenvalue weighted by Gasteiger charge is 2.33. The molecule has 2 aliphatic carbocycles. The number of imidazole rings is 1. The van der Waals surface area contributed by atoms with E-state index in [0.717, 1.165) is 42.8 Å². The number of hydrogen-bond acceptors (Lipinski definition) is 4. The highest BCUT2D eigenvalue weighted by atomic mass is 16.1. The topological polar surface area (TPSA) is 92.2 Å². The minimum absolute atomic E-state index is 0.0364. The number of H-pyrrole nitrogens is 1. The van der Waals surface area contributed by atoms with E-state index in [4.69, 9.17) is 10.1 Å². The van der Waals surface area contributed by atoms with Crippen LogP contribution < -0.4 is 10.9 Å². The second-order valence-electron chi connectivity index (χ2n) is 12.1. The maximum Gasteiger partial charge on any atom is 0.277 e. The molecule has 0 spiro atoms. The third-order valence-electron chi connectivity index (χ3n) is 8.61. The molecule has 2 aromatic heterocycles. The Morgan fingerprint density at radius 3 is 2.32 bits per heavy atom. The molecule has 2 aliphatic rings. The van der Waals surface area contributed by atoms with Crippen molar-refractivity contribution in [2.24, 2.45) is 11.3 Å². The third-order valence-corrected chi connectivity index (χ3v) is 8.61. The van der Waals surface area contributed by atoms with Crippen LogP contribution in [-0.4, -0.2) is 31.5 Å². The molecule has 2 saturated carbocycles. The van der Waals surface area contributed by atoms with Gasteiger partial charge in [-0.3, -0.25) is 9.59 Å². The summed E-state index contributed by atoms with van der Waals surface area (Å²) in [6.07, 6.45) is 10.9. The Balaban J connectivity index is 1.41. The van der Waals surface area contributed by atoms with Gasteiger partial charge in [-0.1, -0.05) is 59.1 Å². The number of aromatic nitrogens is 4. The molecule has 0 unspecified atom stereocenters. The monoisotopic (exact) mass is 503 g/mol. The average molecular weight is 504 g/mol. The molecule has 0 aliphatic heterocycles. The molecule has 1 amide bonds. The lowest BCUT2D eigenvalue weighted by atomic mass is 9.70. The molecule has 2 fully saturated rings. The maximum absolute atomic E-state index is 13.2. The van der Waals surface area contributed by atoms with Crippen molar-refractivity contribution in [3.8, 4) is 11.4 Å². The molecule has 0 bridgehead atoms. The van der Waals surface area contributed by atoms with Gasteiger partial charge in [0.2, 0.25) is 0 Å². The minimum Gasteiger partial charge on any atom is -0.349 e. The fourth-order valence-corrected chi connectivity index (χ4v) is 6.25. The zero-order valence-electron chi connectivity index (χ0n) is 22.8. The van der Waals surface area contributed by atoms with Gasteiger partial charge in [0.15, 0.2) is 11.3 Å². The second kappa shape index (κ2) is 10.4. The molecule has 0 atom stereocenters. The van der Waals surface area contributed by atoms with Gasteiger partial charge in [-0.25, -0.2) is 9.50 Å². The number of hydrogen-bond donors (Lipinski definition) is 2. The van der Waals surface area contributed by atoms with Gasteiger partial charge in [-0.2, -0.15) is 0 Å². The van der Waals surface area contributed by atoms with E-state index in [2.05, 4.69) is 31.1 Å². The Morgan fingerprint density at radius 2 is 1.70 bits per heavy atom. The van der Waals surface area contributed by atoms with E-state index in [1.807, 2.05) is 31.2 Å². The van der Waals surface area contributed by atoms with Crippen LogP contribution >= 0.6 is 0 Å². The molecule has 198 valence electrons. The Hall–Kier alpha value is -2.96. The Bertz CT molecular complexity index is 1300. The number of nitrogens with zero attached hydrogens (tertiary/aromatic N) is 3. The van der Waals surface area contributed by atoms with E-state index in [1.54, 1.807) is 4.52 Å². The standard InChI is InChI=1S/C30H41N5O2/c1-5-24-25-29(37)33-26(19-11-13-21(14-12-19)28(36)31-23-9-7-6-8-10-23)34-35(25)27(32-24)20-15-17-22(18-16-20)30(2,3)4/h11-14,20,22-23H,5-10,15-18H2,1-4H3,(H,31,36)(H,33,34,37)/t20-,22+. The van der Waals surface area contributed by atoms with Crippen molar-refractivity contribution in [1.82, 2.24) is 24.9 Å². The Kier molecular flexibility index (Phi) is 7.24. The number of aryl methyl sites for hydroxylation is 1. The van der Waals surface area contributed by atoms with Gasteiger partial charge in [0, 0.05) is 23.1 Å². The van der Waals surface area contributed by atoms with Crippen molar-refractivity contribution in [2.75, 3.05) is 0 Å². The largest absolute Gasteiger partial charge is 0.349 e.